The van der Waals surface area contributed by atoms with Gasteiger partial charge >= 0.3 is 13.8 Å². The Labute approximate surface area is 541 Å². The predicted molar refractivity (Wildman–Crippen MR) is 379 cm³/mol. The van der Waals surface area contributed by atoms with Gasteiger partial charge in [0.2, 0.25) is 5.91 Å². The van der Waals surface area contributed by atoms with E-state index in [1.54, 1.807) is 0 Å². The van der Waals surface area contributed by atoms with Gasteiger partial charge in [-0.05, 0) is 70.3 Å². The number of phosphoric acid groups is 1. The van der Waals surface area contributed by atoms with Gasteiger partial charge in [-0.25, -0.2) is 4.57 Å². The first kappa shape index (κ1) is 85.0. The zero-order valence-electron chi connectivity index (χ0n) is 58.8. The molecule has 3 unspecified atom stereocenters. The Kier molecular flexibility index (Phi) is 65.3. The quantitative estimate of drug-likeness (QED) is 0.0205. The number of esters is 1. The molecule has 10 heteroatoms. The summed E-state index contributed by atoms with van der Waals surface area (Å²) in [5.41, 5.74) is 0. The van der Waals surface area contributed by atoms with E-state index in [2.05, 4.69) is 68.6 Å². The Hall–Kier alpha value is -2.03. The molecule has 0 bridgehead atoms. The molecule has 0 aliphatic heterocycles. The van der Waals surface area contributed by atoms with Gasteiger partial charge in [0.15, 0.2) is 0 Å². The van der Waals surface area contributed by atoms with Crippen LogP contribution in [0.2, 0.25) is 0 Å². The zero-order valence-corrected chi connectivity index (χ0v) is 59.7. The molecular weight excluding hydrogens is 1100 g/mol. The first-order chi connectivity index (χ1) is 42.4. The second-order valence-corrected chi connectivity index (χ2v) is 28.6. The van der Waals surface area contributed by atoms with Crippen molar-refractivity contribution in [2.45, 2.75) is 392 Å². The molecule has 3 atom stereocenters. The maximum Gasteiger partial charge on any atom is 0.472 e. The summed E-state index contributed by atoms with van der Waals surface area (Å²) in [5, 5.41) is 3.08. The van der Waals surface area contributed by atoms with Gasteiger partial charge in [0.05, 0.1) is 33.8 Å². The topological polar surface area (TPSA) is 111 Å². The van der Waals surface area contributed by atoms with E-state index in [-0.39, 0.29) is 25.1 Å². The number of ether oxygens (including phenoxy) is 1. The van der Waals surface area contributed by atoms with E-state index < -0.39 is 20.0 Å². The molecule has 0 saturated heterocycles. The Morgan fingerprint density at radius 2 is 0.701 bits per heavy atom. The molecule has 0 fully saturated rings. The highest BCUT2D eigenvalue weighted by atomic mass is 31.2. The molecule has 9 nitrogen and oxygen atoms in total. The minimum absolute atomic E-state index is 0.0428. The number of quaternary nitrogens is 1. The first-order valence-electron chi connectivity index (χ1n) is 38.0. The van der Waals surface area contributed by atoms with Crippen LogP contribution in [0.4, 0.5) is 0 Å². The predicted octanol–water partition coefficient (Wildman–Crippen LogP) is 24.4. The normalized spacial score (nSPS) is 13.7. The number of nitrogens with zero attached hydrogens (tertiary/aromatic N) is 1. The molecule has 0 aromatic heterocycles. The van der Waals surface area contributed by atoms with E-state index >= 15 is 0 Å². The molecule has 87 heavy (non-hydrogen) atoms. The molecular formula is C77H148N2O7P+. The molecule has 512 valence electrons. The monoisotopic (exact) mass is 1240 g/mol. The highest BCUT2D eigenvalue weighted by molar-refractivity contribution is 7.47. The maximum absolute atomic E-state index is 13.6. The van der Waals surface area contributed by atoms with E-state index in [0.717, 1.165) is 70.6 Å². The Balaban J connectivity index is 4.99. The van der Waals surface area contributed by atoms with Crippen LogP contribution >= 0.6 is 7.82 Å². The van der Waals surface area contributed by atoms with Crippen LogP contribution < -0.4 is 5.32 Å². The largest absolute Gasteiger partial charge is 0.472 e. The van der Waals surface area contributed by atoms with Crippen LogP contribution in [-0.4, -0.2) is 74.3 Å². The number of likely N-dealkylation sites (N-methyl/N-ethyl adjacent to an activating group) is 1. The average molecular weight is 1250 g/mol. The van der Waals surface area contributed by atoms with Crippen molar-refractivity contribution in [1.29, 1.82) is 0 Å². The molecule has 0 aromatic carbocycles. The molecule has 0 aliphatic rings. The summed E-state index contributed by atoms with van der Waals surface area (Å²) < 4.78 is 30.9. The summed E-state index contributed by atoms with van der Waals surface area (Å²) in [6.45, 7) is 7.06. The standard InChI is InChI=1S/C77H147N2O7P/c1-7-10-13-16-19-22-25-28-30-32-34-36-37-38-39-40-41-43-45-47-49-52-55-58-61-64-67-70-77(81)86-75(68-65-62-59-56-53-50-27-24-21-18-15-12-9-3)74(73-85-87(82,83)84-72-71-79(4,5)6)78-76(80)69-66-63-60-57-54-51-48-46-44-42-35-33-31-29-26-23-20-17-14-11-8-2/h19,22,28,30,34,36,65,68,74-75H,7-18,20-21,23-27,29,31-33,35,37-64,66-67,69-73H2,1-6H3,(H-,78,80,82,83)/p+1/b22-19-,30-28-,36-34-,68-65+. The minimum Gasteiger partial charge on any atom is -0.456 e. The fourth-order valence-corrected chi connectivity index (χ4v) is 12.2. The fourth-order valence-electron chi connectivity index (χ4n) is 11.4. The van der Waals surface area contributed by atoms with Crippen molar-refractivity contribution in [2.75, 3.05) is 40.9 Å². The van der Waals surface area contributed by atoms with E-state index in [4.69, 9.17) is 13.8 Å². The lowest BCUT2D eigenvalue weighted by Crippen LogP contribution is -2.47. The summed E-state index contributed by atoms with van der Waals surface area (Å²) in [5.74, 6) is -0.484. The molecule has 1 amide bonds. The van der Waals surface area contributed by atoms with Crippen LogP contribution in [0, 0.1) is 0 Å². The van der Waals surface area contributed by atoms with Crippen molar-refractivity contribution in [2.24, 2.45) is 0 Å². The molecule has 0 aliphatic carbocycles. The van der Waals surface area contributed by atoms with Gasteiger partial charge in [0, 0.05) is 12.8 Å². The third-order valence-corrected chi connectivity index (χ3v) is 18.3. The summed E-state index contributed by atoms with van der Waals surface area (Å²) >= 11 is 0. The van der Waals surface area contributed by atoms with Crippen molar-refractivity contribution in [1.82, 2.24) is 5.32 Å². The number of nitrogens with one attached hydrogen (secondary N) is 1. The molecule has 0 radical (unpaired) electrons. The number of carbonyl (C=O) groups is 2. The molecule has 0 heterocycles. The third-order valence-electron chi connectivity index (χ3n) is 17.3. The van der Waals surface area contributed by atoms with Gasteiger partial charge in [-0.1, -0.05) is 346 Å². The van der Waals surface area contributed by atoms with Crippen LogP contribution in [0.1, 0.15) is 380 Å². The number of hydrogen-bond acceptors (Lipinski definition) is 6. The number of unbranched alkanes of at least 4 members (excludes halogenated alkanes) is 48. The molecule has 2 N–H and O–H groups in total. The van der Waals surface area contributed by atoms with Gasteiger partial charge in [-0.15, -0.1) is 0 Å². The van der Waals surface area contributed by atoms with E-state index in [1.807, 2.05) is 27.2 Å². The van der Waals surface area contributed by atoms with Gasteiger partial charge in [-0.3, -0.25) is 18.6 Å². The van der Waals surface area contributed by atoms with E-state index in [9.17, 15) is 19.0 Å². The number of amides is 1. The molecule has 0 saturated carbocycles. The van der Waals surface area contributed by atoms with Crippen LogP contribution in [0.15, 0.2) is 48.6 Å². The fraction of sp³-hybridized carbons (Fsp3) is 0.870. The summed E-state index contributed by atoms with van der Waals surface area (Å²) in [7, 11) is 1.51. The summed E-state index contributed by atoms with van der Waals surface area (Å²) in [4.78, 5) is 38.0. The van der Waals surface area contributed by atoms with E-state index in [0.29, 0.717) is 23.9 Å². The van der Waals surface area contributed by atoms with Gasteiger partial charge in [0.25, 0.3) is 0 Å². The van der Waals surface area contributed by atoms with Crippen LogP contribution in [-0.2, 0) is 27.9 Å². The molecule has 0 spiro atoms. The van der Waals surface area contributed by atoms with Crippen molar-refractivity contribution in [3.63, 3.8) is 0 Å². The Morgan fingerprint density at radius 3 is 1.07 bits per heavy atom. The lowest BCUT2D eigenvalue weighted by atomic mass is 10.0. The van der Waals surface area contributed by atoms with Crippen molar-refractivity contribution < 1.29 is 37.3 Å². The molecule has 0 rings (SSSR count). The highest BCUT2D eigenvalue weighted by Crippen LogP contribution is 2.43. The number of hydrogen-bond donors (Lipinski definition) is 2. The average Bonchev–Trinajstić information content (AvgIpc) is 3.70. The second-order valence-electron chi connectivity index (χ2n) is 27.2. The SMILES string of the molecule is CCCCC/C=C\C/C=C\C/C=C\CCCCCCCCCCCCCCCCC(=O)OC(/C=C/CCCCCCCCCCCCC)C(COP(=O)(O)OCC[N+](C)(C)C)NC(=O)CCCCCCCCCCCCCCCCCCCCCCC. The highest BCUT2D eigenvalue weighted by Gasteiger charge is 2.30. The smallest absolute Gasteiger partial charge is 0.456 e. The van der Waals surface area contributed by atoms with Crippen LogP contribution in [0.3, 0.4) is 0 Å². The lowest BCUT2D eigenvalue weighted by Gasteiger charge is -2.27. The Morgan fingerprint density at radius 1 is 0.402 bits per heavy atom. The minimum atomic E-state index is -4.45. The first-order valence-corrected chi connectivity index (χ1v) is 39.5. The van der Waals surface area contributed by atoms with Crippen molar-refractivity contribution >= 4 is 19.7 Å². The van der Waals surface area contributed by atoms with Gasteiger partial charge < -0.3 is 19.4 Å². The Bertz CT molecular complexity index is 1620. The van der Waals surface area contributed by atoms with Crippen molar-refractivity contribution in [3.8, 4) is 0 Å². The van der Waals surface area contributed by atoms with Crippen molar-refractivity contribution in [3.05, 3.63) is 48.6 Å². The number of rotatable bonds is 70. The van der Waals surface area contributed by atoms with Crippen LogP contribution in [0.25, 0.3) is 0 Å². The van der Waals surface area contributed by atoms with E-state index in [1.165, 1.54) is 276 Å². The summed E-state index contributed by atoms with van der Waals surface area (Å²) in [6, 6.07) is -0.847. The zero-order chi connectivity index (χ0) is 63.5. The number of phosphoric ester groups is 1. The summed E-state index contributed by atoms with van der Waals surface area (Å²) in [6.07, 6.45) is 85.6. The van der Waals surface area contributed by atoms with Crippen LogP contribution in [0.5, 0.6) is 0 Å². The second kappa shape index (κ2) is 66.9. The van der Waals surface area contributed by atoms with Gasteiger partial charge in [-0.2, -0.15) is 0 Å². The third kappa shape index (κ3) is 68.2. The van der Waals surface area contributed by atoms with Gasteiger partial charge in [0.1, 0.15) is 19.3 Å². The number of allylic oxidation sites excluding steroid dienone is 7. The number of carbonyl (C=O) groups excluding carboxylic acids is 2. The maximum atomic E-state index is 13.6. The lowest BCUT2D eigenvalue weighted by molar-refractivity contribution is -0.870. The molecule has 0 aromatic rings.